The van der Waals surface area contributed by atoms with Crippen molar-refractivity contribution in [3.05, 3.63) is 65.2 Å². The average molecular weight is 410 g/mol. The van der Waals surface area contributed by atoms with Crippen LogP contribution in [0.3, 0.4) is 0 Å². The highest BCUT2D eigenvalue weighted by molar-refractivity contribution is 5.93. The molecule has 3 rings (SSSR count). The van der Waals surface area contributed by atoms with E-state index in [9.17, 15) is 9.90 Å². The lowest BCUT2D eigenvalue weighted by atomic mass is 10.1. The third kappa shape index (κ3) is 6.94. The van der Waals surface area contributed by atoms with Crippen molar-refractivity contribution in [2.75, 3.05) is 44.6 Å². The Balaban J connectivity index is 1.33. The van der Waals surface area contributed by atoms with Gasteiger partial charge in [-0.1, -0.05) is 48.5 Å². The van der Waals surface area contributed by atoms with Crippen LogP contribution in [0, 0.1) is 13.8 Å². The molecule has 0 saturated carbocycles. The first-order chi connectivity index (χ1) is 14.5. The number of amides is 1. The Labute approximate surface area is 180 Å². The van der Waals surface area contributed by atoms with Gasteiger partial charge in [0.2, 0.25) is 5.91 Å². The number of piperazine rings is 1. The topological polar surface area (TPSA) is 55.8 Å². The van der Waals surface area contributed by atoms with Crippen LogP contribution < -0.4 is 5.32 Å². The van der Waals surface area contributed by atoms with Crippen LogP contribution in [0.15, 0.2) is 48.5 Å². The zero-order valence-electron chi connectivity index (χ0n) is 18.3. The van der Waals surface area contributed by atoms with Crippen molar-refractivity contribution in [3.63, 3.8) is 0 Å². The average Bonchev–Trinajstić information content (AvgIpc) is 2.73. The molecule has 2 aromatic carbocycles. The maximum atomic E-state index is 12.5. The minimum Gasteiger partial charge on any atom is -0.392 e. The van der Waals surface area contributed by atoms with E-state index in [0.717, 1.165) is 68.8 Å². The second-order valence-corrected chi connectivity index (χ2v) is 8.42. The fourth-order valence-corrected chi connectivity index (χ4v) is 4.10. The van der Waals surface area contributed by atoms with Crippen LogP contribution >= 0.6 is 0 Å². The molecule has 5 heteroatoms. The van der Waals surface area contributed by atoms with Crippen LogP contribution in [0.4, 0.5) is 5.69 Å². The SMILES string of the molecule is Cc1cccc(C)c1NC(=O)CN1CCN(CC(O)CCCc2ccccc2)CC1. The summed E-state index contributed by atoms with van der Waals surface area (Å²) in [6, 6.07) is 16.5. The predicted octanol–water partition coefficient (Wildman–Crippen LogP) is 3.24. The quantitative estimate of drug-likeness (QED) is 0.668. The first kappa shape index (κ1) is 22.5. The van der Waals surface area contributed by atoms with E-state index in [1.165, 1.54) is 5.56 Å². The van der Waals surface area contributed by atoms with Gasteiger partial charge in [-0.15, -0.1) is 0 Å². The van der Waals surface area contributed by atoms with Gasteiger partial charge in [-0.2, -0.15) is 0 Å². The van der Waals surface area contributed by atoms with Crippen molar-refractivity contribution >= 4 is 11.6 Å². The summed E-state index contributed by atoms with van der Waals surface area (Å²) in [5, 5.41) is 13.5. The lowest BCUT2D eigenvalue weighted by Crippen LogP contribution is -2.50. The Morgan fingerprint density at radius 1 is 0.967 bits per heavy atom. The van der Waals surface area contributed by atoms with Gasteiger partial charge in [0, 0.05) is 38.4 Å². The van der Waals surface area contributed by atoms with E-state index < -0.39 is 0 Å². The van der Waals surface area contributed by atoms with E-state index in [-0.39, 0.29) is 12.0 Å². The van der Waals surface area contributed by atoms with Gasteiger partial charge in [0.05, 0.1) is 12.6 Å². The molecule has 1 saturated heterocycles. The zero-order chi connectivity index (χ0) is 21.3. The summed E-state index contributed by atoms with van der Waals surface area (Å²) in [7, 11) is 0. The van der Waals surface area contributed by atoms with Gasteiger partial charge < -0.3 is 10.4 Å². The lowest BCUT2D eigenvalue weighted by molar-refractivity contribution is -0.117. The van der Waals surface area contributed by atoms with Crippen LogP contribution in [0.1, 0.15) is 29.5 Å². The maximum absolute atomic E-state index is 12.5. The van der Waals surface area contributed by atoms with Gasteiger partial charge >= 0.3 is 0 Å². The number of aliphatic hydroxyl groups excluding tert-OH is 1. The van der Waals surface area contributed by atoms with Gasteiger partial charge in [-0.25, -0.2) is 0 Å². The van der Waals surface area contributed by atoms with E-state index in [4.69, 9.17) is 0 Å². The van der Waals surface area contributed by atoms with Crippen molar-refractivity contribution in [1.82, 2.24) is 9.80 Å². The Hall–Kier alpha value is -2.21. The Bertz CT molecular complexity index is 781. The van der Waals surface area contributed by atoms with Crippen molar-refractivity contribution in [2.24, 2.45) is 0 Å². The van der Waals surface area contributed by atoms with Crippen LogP contribution in [-0.4, -0.2) is 66.2 Å². The number of benzene rings is 2. The van der Waals surface area contributed by atoms with Gasteiger partial charge in [-0.3, -0.25) is 14.6 Å². The lowest BCUT2D eigenvalue weighted by Gasteiger charge is -2.35. The predicted molar refractivity (Wildman–Crippen MR) is 123 cm³/mol. The molecule has 5 nitrogen and oxygen atoms in total. The summed E-state index contributed by atoms with van der Waals surface area (Å²) in [4.78, 5) is 17.0. The molecule has 30 heavy (non-hydrogen) atoms. The zero-order valence-corrected chi connectivity index (χ0v) is 18.3. The molecule has 0 aromatic heterocycles. The molecular weight excluding hydrogens is 374 g/mol. The van der Waals surface area contributed by atoms with Crippen molar-refractivity contribution in [1.29, 1.82) is 0 Å². The highest BCUT2D eigenvalue weighted by Crippen LogP contribution is 2.19. The van der Waals surface area contributed by atoms with Gasteiger partial charge in [0.1, 0.15) is 0 Å². The second-order valence-electron chi connectivity index (χ2n) is 8.42. The largest absolute Gasteiger partial charge is 0.392 e. The summed E-state index contributed by atoms with van der Waals surface area (Å²) in [5.41, 5.74) is 4.45. The van der Waals surface area contributed by atoms with Crippen LogP contribution in [0.25, 0.3) is 0 Å². The molecule has 1 amide bonds. The summed E-state index contributed by atoms with van der Waals surface area (Å²) in [6.07, 6.45) is 2.56. The number of nitrogens with one attached hydrogen (secondary N) is 1. The number of β-amino-alcohol motifs (C(OH)–C–C–N with tert-alkyl or cyclic N) is 1. The minimum absolute atomic E-state index is 0.0433. The normalized spacial score (nSPS) is 16.4. The van der Waals surface area contributed by atoms with Crippen LogP contribution in [0.2, 0.25) is 0 Å². The molecule has 162 valence electrons. The molecular formula is C25H35N3O2. The molecule has 1 aliphatic heterocycles. The minimum atomic E-state index is -0.285. The Morgan fingerprint density at radius 2 is 1.60 bits per heavy atom. The second kappa shape index (κ2) is 11.3. The third-order valence-corrected chi connectivity index (χ3v) is 5.89. The van der Waals surface area contributed by atoms with Gasteiger partial charge in [0.15, 0.2) is 0 Å². The number of carbonyl (C=O) groups is 1. The van der Waals surface area contributed by atoms with E-state index in [1.54, 1.807) is 0 Å². The maximum Gasteiger partial charge on any atom is 0.238 e. The number of carbonyl (C=O) groups excluding carboxylic acids is 1. The van der Waals surface area contributed by atoms with E-state index in [1.807, 2.05) is 38.1 Å². The van der Waals surface area contributed by atoms with Gasteiger partial charge in [0.25, 0.3) is 0 Å². The molecule has 0 radical (unpaired) electrons. The molecule has 1 atom stereocenters. The number of hydrogen-bond acceptors (Lipinski definition) is 4. The standard InChI is InChI=1S/C25H35N3O2/c1-20-8-6-9-21(2)25(20)26-24(30)19-28-16-14-27(15-17-28)18-23(29)13-7-12-22-10-4-3-5-11-22/h3-6,8-11,23,29H,7,12-19H2,1-2H3,(H,26,30). The molecule has 2 aromatic rings. The molecule has 1 aliphatic rings. The first-order valence-corrected chi connectivity index (χ1v) is 11.0. The van der Waals surface area contributed by atoms with Crippen LogP contribution in [-0.2, 0) is 11.2 Å². The van der Waals surface area contributed by atoms with E-state index >= 15 is 0 Å². The van der Waals surface area contributed by atoms with Crippen molar-refractivity contribution in [2.45, 2.75) is 39.2 Å². The number of para-hydroxylation sites is 1. The Kier molecular flexibility index (Phi) is 8.43. The van der Waals surface area contributed by atoms with E-state index in [0.29, 0.717) is 6.54 Å². The number of nitrogens with zero attached hydrogens (tertiary/aromatic N) is 2. The first-order valence-electron chi connectivity index (χ1n) is 11.0. The molecule has 0 spiro atoms. The molecule has 1 heterocycles. The third-order valence-electron chi connectivity index (χ3n) is 5.89. The van der Waals surface area contributed by atoms with Crippen molar-refractivity contribution in [3.8, 4) is 0 Å². The highest BCUT2D eigenvalue weighted by atomic mass is 16.3. The van der Waals surface area contributed by atoms with Crippen molar-refractivity contribution < 1.29 is 9.90 Å². The summed E-state index contributed by atoms with van der Waals surface area (Å²) >= 11 is 0. The molecule has 2 N–H and O–H groups in total. The number of rotatable bonds is 9. The number of anilines is 1. The fourth-order valence-electron chi connectivity index (χ4n) is 4.10. The molecule has 0 aliphatic carbocycles. The fraction of sp³-hybridized carbons (Fsp3) is 0.480. The smallest absolute Gasteiger partial charge is 0.238 e. The number of hydrogen-bond donors (Lipinski definition) is 2. The molecule has 0 bridgehead atoms. The Morgan fingerprint density at radius 3 is 2.27 bits per heavy atom. The number of aryl methyl sites for hydroxylation is 3. The van der Waals surface area contributed by atoms with E-state index in [2.05, 4.69) is 39.4 Å². The summed E-state index contributed by atoms with van der Waals surface area (Å²) in [5.74, 6) is 0.0433. The highest BCUT2D eigenvalue weighted by Gasteiger charge is 2.21. The number of aliphatic hydroxyl groups is 1. The molecule has 1 fully saturated rings. The summed E-state index contributed by atoms with van der Waals surface area (Å²) < 4.78 is 0. The summed E-state index contributed by atoms with van der Waals surface area (Å²) in [6.45, 7) is 8.68. The molecule has 1 unspecified atom stereocenters. The van der Waals surface area contributed by atoms with Crippen LogP contribution in [0.5, 0.6) is 0 Å². The monoisotopic (exact) mass is 409 g/mol. The van der Waals surface area contributed by atoms with Gasteiger partial charge in [-0.05, 0) is 49.8 Å².